The number of benzene rings is 1. The standard InChI is InChI=1S/C11H11F2NO2S/c1-16-11(15)9-5-17-10(14-9)7-4-6(12)2-3-8(7)13/h2-4,9-10,14H,5H2,1H3/t9-,10?/m1/s1. The number of rotatable bonds is 2. The minimum Gasteiger partial charge on any atom is -0.468 e. The Kier molecular flexibility index (Phi) is 3.63. The molecule has 1 unspecified atom stereocenters. The SMILES string of the molecule is COC(=O)[C@H]1CSC(c2cc(F)ccc2F)N1. The Hall–Kier alpha value is -1.14. The summed E-state index contributed by atoms with van der Waals surface area (Å²) in [6.07, 6.45) is 0. The van der Waals surface area contributed by atoms with E-state index in [1.165, 1.54) is 18.9 Å². The molecule has 17 heavy (non-hydrogen) atoms. The number of thioether (sulfide) groups is 1. The first-order valence-corrected chi connectivity index (χ1v) is 6.07. The number of methoxy groups -OCH3 is 1. The number of ether oxygens (including phenoxy) is 1. The fourth-order valence-electron chi connectivity index (χ4n) is 1.64. The molecule has 0 saturated carbocycles. The first-order chi connectivity index (χ1) is 8.11. The summed E-state index contributed by atoms with van der Waals surface area (Å²) in [4.78, 5) is 11.3. The van der Waals surface area contributed by atoms with E-state index in [9.17, 15) is 13.6 Å². The molecule has 1 aromatic carbocycles. The maximum Gasteiger partial charge on any atom is 0.323 e. The number of hydrogen-bond donors (Lipinski definition) is 1. The van der Waals surface area contributed by atoms with Gasteiger partial charge in [0, 0.05) is 11.3 Å². The second-order valence-corrected chi connectivity index (χ2v) is 4.76. The van der Waals surface area contributed by atoms with Gasteiger partial charge in [0.05, 0.1) is 12.5 Å². The molecular weight excluding hydrogens is 248 g/mol. The summed E-state index contributed by atoms with van der Waals surface area (Å²) in [6, 6.07) is 2.81. The van der Waals surface area contributed by atoms with Crippen LogP contribution in [0.3, 0.4) is 0 Å². The molecule has 6 heteroatoms. The zero-order valence-corrected chi connectivity index (χ0v) is 9.89. The Balaban J connectivity index is 2.15. The topological polar surface area (TPSA) is 38.3 Å². The number of nitrogens with one attached hydrogen (secondary N) is 1. The van der Waals surface area contributed by atoms with Crippen LogP contribution in [0.15, 0.2) is 18.2 Å². The molecular formula is C11H11F2NO2S. The average Bonchev–Trinajstić information content (AvgIpc) is 2.80. The molecule has 1 aliphatic heterocycles. The first kappa shape index (κ1) is 12.3. The van der Waals surface area contributed by atoms with E-state index in [0.717, 1.165) is 18.2 Å². The van der Waals surface area contributed by atoms with Gasteiger partial charge < -0.3 is 4.74 Å². The van der Waals surface area contributed by atoms with Crippen LogP contribution >= 0.6 is 11.8 Å². The van der Waals surface area contributed by atoms with Crippen molar-refractivity contribution in [1.29, 1.82) is 0 Å². The fourth-order valence-corrected chi connectivity index (χ4v) is 2.88. The van der Waals surface area contributed by atoms with Gasteiger partial charge in [-0.15, -0.1) is 11.8 Å². The average molecular weight is 259 g/mol. The Morgan fingerprint density at radius 3 is 3.00 bits per heavy atom. The molecule has 0 radical (unpaired) electrons. The Morgan fingerprint density at radius 2 is 2.29 bits per heavy atom. The first-order valence-electron chi connectivity index (χ1n) is 5.02. The number of halogens is 2. The molecule has 0 amide bonds. The van der Waals surface area contributed by atoms with Crippen molar-refractivity contribution in [2.24, 2.45) is 0 Å². The van der Waals surface area contributed by atoms with Gasteiger partial charge >= 0.3 is 5.97 Å². The van der Waals surface area contributed by atoms with Crippen molar-refractivity contribution in [2.75, 3.05) is 12.9 Å². The van der Waals surface area contributed by atoms with Gasteiger partial charge in [0.1, 0.15) is 17.7 Å². The lowest BCUT2D eigenvalue weighted by atomic mass is 10.2. The van der Waals surface area contributed by atoms with Crippen LogP contribution in [0.1, 0.15) is 10.9 Å². The van der Waals surface area contributed by atoms with Crippen LogP contribution in [-0.4, -0.2) is 24.9 Å². The van der Waals surface area contributed by atoms with Crippen LogP contribution in [-0.2, 0) is 9.53 Å². The molecule has 2 rings (SSSR count). The lowest BCUT2D eigenvalue weighted by Crippen LogP contribution is -2.35. The van der Waals surface area contributed by atoms with E-state index in [-0.39, 0.29) is 5.56 Å². The zero-order valence-electron chi connectivity index (χ0n) is 9.07. The highest BCUT2D eigenvalue weighted by Crippen LogP contribution is 2.34. The molecule has 3 nitrogen and oxygen atoms in total. The molecule has 1 aromatic rings. The lowest BCUT2D eigenvalue weighted by molar-refractivity contribution is -0.142. The van der Waals surface area contributed by atoms with Gasteiger partial charge in [0.2, 0.25) is 0 Å². The number of hydrogen-bond acceptors (Lipinski definition) is 4. The predicted octanol–water partition coefficient (Wildman–Crippen LogP) is 1.84. The predicted molar refractivity (Wildman–Crippen MR) is 60.5 cm³/mol. The third kappa shape index (κ3) is 2.58. The van der Waals surface area contributed by atoms with Gasteiger partial charge in [-0.05, 0) is 18.2 Å². The molecule has 2 atom stereocenters. The number of carbonyl (C=O) groups excluding carboxylic acids is 1. The van der Waals surface area contributed by atoms with E-state index in [2.05, 4.69) is 10.1 Å². The largest absolute Gasteiger partial charge is 0.468 e. The fraction of sp³-hybridized carbons (Fsp3) is 0.364. The van der Waals surface area contributed by atoms with Gasteiger partial charge in [-0.25, -0.2) is 8.78 Å². The van der Waals surface area contributed by atoms with Crippen LogP contribution in [0.25, 0.3) is 0 Å². The lowest BCUT2D eigenvalue weighted by Gasteiger charge is -2.13. The minimum absolute atomic E-state index is 0.224. The van der Waals surface area contributed by atoms with Crippen LogP contribution in [0.4, 0.5) is 8.78 Å². The molecule has 0 aromatic heterocycles. The van der Waals surface area contributed by atoms with Crippen LogP contribution in [0, 0.1) is 11.6 Å². The molecule has 0 aliphatic carbocycles. The highest BCUT2D eigenvalue weighted by molar-refractivity contribution is 7.99. The van der Waals surface area contributed by atoms with Crippen LogP contribution in [0.5, 0.6) is 0 Å². The second-order valence-electron chi connectivity index (χ2n) is 3.62. The smallest absolute Gasteiger partial charge is 0.323 e. The maximum absolute atomic E-state index is 13.5. The highest BCUT2D eigenvalue weighted by atomic mass is 32.2. The van der Waals surface area contributed by atoms with E-state index >= 15 is 0 Å². The van der Waals surface area contributed by atoms with E-state index in [1.807, 2.05) is 0 Å². The van der Waals surface area contributed by atoms with Crippen LogP contribution < -0.4 is 5.32 Å². The molecule has 1 aliphatic rings. The second kappa shape index (κ2) is 5.01. The molecule has 0 bridgehead atoms. The molecule has 0 spiro atoms. The third-order valence-electron chi connectivity index (χ3n) is 2.51. The summed E-state index contributed by atoms with van der Waals surface area (Å²) in [5, 5.41) is 2.49. The monoisotopic (exact) mass is 259 g/mol. The van der Waals surface area contributed by atoms with Crippen molar-refractivity contribution >= 4 is 17.7 Å². The highest BCUT2D eigenvalue weighted by Gasteiger charge is 2.32. The van der Waals surface area contributed by atoms with E-state index in [0.29, 0.717) is 5.75 Å². The Morgan fingerprint density at radius 1 is 1.53 bits per heavy atom. The van der Waals surface area contributed by atoms with Crippen LogP contribution in [0.2, 0.25) is 0 Å². The van der Waals surface area contributed by atoms with E-state index < -0.39 is 29.0 Å². The zero-order chi connectivity index (χ0) is 12.4. The summed E-state index contributed by atoms with van der Waals surface area (Å²) in [6.45, 7) is 0. The molecule has 1 fully saturated rings. The summed E-state index contributed by atoms with van der Waals surface area (Å²) in [7, 11) is 1.30. The molecule has 1 saturated heterocycles. The Bertz CT molecular complexity index is 441. The van der Waals surface area contributed by atoms with E-state index in [1.54, 1.807) is 0 Å². The Labute approximate surface area is 102 Å². The quantitative estimate of drug-likeness (QED) is 0.822. The molecule has 92 valence electrons. The summed E-state index contributed by atoms with van der Waals surface area (Å²) in [5.74, 6) is -0.892. The van der Waals surface area contributed by atoms with Crippen molar-refractivity contribution in [3.8, 4) is 0 Å². The van der Waals surface area contributed by atoms with Crippen molar-refractivity contribution in [1.82, 2.24) is 5.32 Å². The number of esters is 1. The summed E-state index contributed by atoms with van der Waals surface area (Å²) in [5.41, 5.74) is 0.224. The minimum atomic E-state index is -0.495. The van der Waals surface area contributed by atoms with Gasteiger partial charge in [-0.2, -0.15) is 0 Å². The van der Waals surface area contributed by atoms with Crippen molar-refractivity contribution in [2.45, 2.75) is 11.4 Å². The number of carbonyl (C=O) groups is 1. The van der Waals surface area contributed by atoms with Gasteiger partial charge in [0.15, 0.2) is 0 Å². The molecule has 1 heterocycles. The van der Waals surface area contributed by atoms with Crippen molar-refractivity contribution in [3.05, 3.63) is 35.4 Å². The maximum atomic E-state index is 13.5. The van der Waals surface area contributed by atoms with Crippen molar-refractivity contribution in [3.63, 3.8) is 0 Å². The van der Waals surface area contributed by atoms with Crippen molar-refractivity contribution < 1.29 is 18.3 Å². The van der Waals surface area contributed by atoms with Gasteiger partial charge in [-0.3, -0.25) is 10.1 Å². The normalized spacial score (nSPS) is 23.7. The third-order valence-corrected chi connectivity index (χ3v) is 3.76. The van der Waals surface area contributed by atoms with Gasteiger partial charge in [-0.1, -0.05) is 0 Å². The van der Waals surface area contributed by atoms with Gasteiger partial charge in [0.25, 0.3) is 0 Å². The molecule has 1 N–H and O–H groups in total. The summed E-state index contributed by atoms with van der Waals surface area (Å²) < 4.78 is 31.1. The summed E-state index contributed by atoms with van der Waals surface area (Å²) >= 11 is 1.35. The van der Waals surface area contributed by atoms with E-state index in [4.69, 9.17) is 0 Å².